The Morgan fingerprint density at radius 1 is 1.14 bits per heavy atom. The molecule has 2 heterocycles. The molecule has 0 saturated carbocycles. The number of benzene rings is 2. The van der Waals surface area contributed by atoms with Crippen LogP contribution in [-0.4, -0.2) is 37.0 Å². The standard InChI is InChI=1S/C20H19FN4O2S2/c21-18-9-2-1-6-16(18)13-22-24-20-23-19(14-28-20)15-7-5-8-17(12-15)29(26,27)25-10-3-4-11-25/h1-2,5-9,12-14H,3-4,10-11H2,(H,23,24). The summed E-state index contributed by atoms with van der Waals surface area (Å²) in [6, 6.07) is 13.1. The molecular weight excluding hydrogens is 411 g/mol. The number of hydrazone groups is 1. The number of halogens is 1. The second-order valence-corrected chi connectivity index (χ2v) is 9.36. The molecule has 1 saturated heterocycles. The molecule has 1 aliphatic rings. The van der Waals surface area contributed by atoms with Gasteiger partial charge < -0.3 is 0 Å². The van der Waals surface area contributed by atoms with E-state index in [1.807, 2.05) is 11.4 Å². The fourth-order valence-corrected chi connectivity index (χ4v) is 5.32. The first-order valence-corrected chi connectivity index (χ1v) is 11.5. The summed E-state index contributed by atoms with van der Waals surface area (Å²) in [5, 5.41) is 6.37. The highest BCUT2D eigenvalue weighted by Gasteiger charge is 2.27. The number of nitrogens with zero attached hydrogens (tertiary/aromatic N) is 3. The van der Waals surface area contributed by atoms with Gasteiger partial charge in [-0.15, -0.1) is 11.3 Å². The van der Waals surface area contributed by atoms with Crippen LogP contribution in [0.4, 0.5) is 9.52 Å². The monoisotopic (exact) mass is 430 g/mol. The van der Waals surface area contributed by atoms with E-state index in [1.165, 1.54) is 27.9 Å². The van der Waals surface area contributed by atoms with Gasteiger partial charge in [-0.05, 0) is 31.0 Å². The largest absolute Gasteiger partial charge is 0.253 e. The number of rotatable bonds is 6. The minimum atomic E-state index is -3.48. The Balaban J connectivity index is 1.50. The van der Waals surface area contributed by atoms with E-state index in [4.69, 9.17) is 0 Å². The van der Waals surface area contributed by atoms with Gasteiger partial charge >= 0.3 is 0 Å². The second-order valence-electron chi connectivity index (χ2n) is 6.57. The Hall–Kier alpha value is -2.62. The minimum absolute atomic E-state index is 0.275. The van der Waals surface area contributed by atoms with Gasteiger partial charge in [-0.2, -0.15) is 9.41 Å². The van der Waals surface area contributed by atoms with E-state index in [9.17, 15) is 12.8 Å². The van der Waals surface area contributed by atoms with Gasteiger partial charge in [-0.1, -0.05) is 30.3 Å². The summed E-state index contributed by atoms with van der Waals surface area (Å²) in [6.07, 6.45) is 3.18. The van der Waals surface area contributed by atoms with E-state index in [2.05, 4.69) is 15.5 Å². The van der Waals surface area contributed by atoms with Crippen molar-refractivity contribution in [3.05, 3.63) is 65.3 Å². The van der Waals surface area contributed by atoms with Crippen molar-refractivity contribution in [2.75, 3.05) is 18.5 Å². The lowest BCUT2D eigenvalue weighted by Crippen LogP contribution is -2.27. The van der Waals surface area contributed by atoms with Gasteiger partial charge in [0.25, 0.3) is 0 Å². The lowest BCUT2D eigenvalue weighted by Gasteiger charge is -2.15. The lowest BCUT2D eigenvalue weighted by atomic mass is 10.2. The number of anilines is 1. The molecule has 0 amide bonds. The highest BCUT2D eigenvalue weighted by Crippen LogP contribution is 2.28. The molecule has 1 fully saturated rings. The molecule has 2 aromatic carbocycles. The first-order chi connectivity index (χ1) is 14.0. The second kappa shape index (κ2) is 8.40. The van der Waals surface area contributed by atoms with Gasteiger partial charge in [0.05, 0.1) is 16.8 Å². The van der Waals surface area contributed by atoms with Crippen molar-refractivity contribution in [3.8, 4) is 11.3 Å². The van der Waals surface area contributed by atoms with Crippen LogP contribution in [0.5, 0.6) is 0 Å². The highest BCUT2D eigenvalue weighted by molar-refractivity contribution is 7.89. The average molecular weight is 431 g/mol. The zero-order valence-corrected chi connectivity index (χ0v) is 17.1. The number of thiazole rings is 1. The molecule has 3 aromatic rings. The molecule has 150 valence electrons. The van der Waals surface area contributed by atoms with Crippen molar-refractivity contribution in [2.24, 2.45) is 5.10 Å². The van der Waals surface area contributed by atoms with Gasteiger partial charge in [-0.25, -0.2) is 17.8 Å². The first kappa shape index (κ1) is 19.7. The van der Waals surface area contributed by atoms with Gasteiger partial charge in [0.15, 0.2) is 0 Å². The average Bonchev–Trinajstić information content (AvgIpc) is 3.42. The maximum Gasteiger partial charge on any atom is 0.243 e. The van der Waals surface area contributed by atoms with Crippen LogP contribution < -0.4 is 5.43 Å². The Morgan fingerprint density at radius 3 is 2.72 bits per heavy atom. The van der Waals surface area contributed by atoms with Crippen LogP contribution in [0, 0.1) is 5.82 Å². The molecule has 1 N–H and O–H groups in total. The predicted octanol–water partition coefficient (Wildman–Crippen LogP) is 4.18. The Labute approximate surface area is 172 Å². The third-order valence-corrected chi connectivity index (χ3v) is 7.25. The summed E-state index contributed by atoms with van der Waals surface area (Å²) in [4.78, 5) is 4.72. The summed E-state index contributed by atoms with van der Waals surface area (Å²) in [6.45, 7) is 1.13. The zero-order chi connectivity index (χ0) is 20.3. The first-order valence-electron chi connectivity index (χ1n) is 9.14. The van der Waals surface area contributed by atoms with Crippen LogP contribution in [-0.2, 0) is 10.0 Å². The normalized spacial score (nSPS) is 15.2. The van der Waals surface area contributed by atoms with E-state index in [1.54, 1.807) is 36.4 Å². The maximum absolute atomic E-state index is 13.6. The molecule has 4 rings (SSSR count). The fourth-order valence-electron chi connectivity index (χ4n) is 3.09. The van der Waals surface area contributed by atoms with E-state index in [-0.39, 0.29) is 10.7 Å². The molecule has 1 aromatic heterocycles. The minimum Gasteiger partial charge on any atom is -0.253 e. The molecule has 0 bridgehead atoms. The maximum atomic E-state index is 13.6. The summed E-state index contributed by atoms with van der Waals surface area (Å²) in [7, 11) is -3.48. The van der Waals surface area contributed by atoms with Gasteiger partial charge in [0.1, 0.15) is 5.82 Å². The van der Waals surface area contributed by atoms with Gasteiger partial charge in [0, 0.05) is 29.6 Å². The lowest BCUT2D eigenvalue weighted by molar-refractivity contribution is 0.477. The third kappa shape index (κ3) is 4.36. The molecular formula is C20H19FN4O2S2. The van der Waals surface area contributed by atoms with Crippen molar-refractivity contribution in [3.63, 3.8) is 0 Å². The van der Waals surface area contributed by atoms with Crippen LogP contribution in [0.3, 0.4) is 0 Å². The molecule has 9 heteroatoms. The van der Waals surface area contributed by atoms with Gasteiger partial charge in [0.2, 0.25) is 15.2 Å². The zero-order valence-electron chi connectivity index (χ0n) is 15.5. The highest BCUT2D eigenvalue weighted by atomic mass is 32.2. The molecule has 0 radical (unpaired) electrons. The number of nitrogens with one attached hydrogen (secondary N) is 1. The molecule has 0 aliphatic carbocycles. The molecule has 0 atom stereocenters. The summed E-state index contributed by atoms with van der Waals surface area (Å²) in [5.41, 5.74) is 4.52. The summed E-state index contributed by atoms with van der Waals surface area (Å²) >= 11 is 1.33. The van der Waals surface area contributed by atoms with Crippen molar-refractivity contribution >= 4 is 32.7 Å². The fraction of sp³-hybridized carbons (Fsp3) is 0.200. The number of hydrogen-bond donors (Lipinski definition) is 1. The number of sulfonamides is 1. The van der Waals surface area contributed by atoms with Crippen LogP contribution >= 0.6 is 11.3 Å². The Kier molecular flexibility index (Phi) is 5.70. The molecule has 0 unspecified atom stereocenters. The predicted molar refractivity (Wildman–Crippen MR) is 113 cm³/mol. The Bertz CT molecular complexity index is 1140. The Morgan fingerprint density at radius 2 is 1.93 bits per heavy atom. The number of aromatic nitrogens is 1. The molecule has 0 spiro atoms. The molecule has 29 heavy (non-hydrogen) atoms. The van der Waals surface area contributed by atoms with E-state index < -0.39 is 10.0 Å². The van der Waals surface area contributed by atoms with Crippen molar-refractivity contribution < 1.29 is 12.8 Å². The summed E-state index contributed by atoms with van der Waals surface area (Å²) in [5.74, 6) is -0.353. The summed E-state index contributed by atoms with van der Waals surface area (Å²) < 4.78 is 40.7. The number of hydrogen-bond acceptors (Lipinski definition) is 6. The van der Waals surface area contributed by atoms with Crippen molar-refractivity contribution in [2.45, 2.75) is 17.7 Å². The molecule has 1 aliphatic heterocycles. The SMILES string of the molecule is O=S(=O)(c1cccc(-c2csc(NN=Cc3ccccc3F)n2)c1)N1CCCC1. The van der Waals surface area contributed by atoms with Crippen LogP contribution in [0.15, 0.2) is 63.9 Å². The quantitative estimate of drug-likeness (QED) is 0.470. The van der Waals surface area contributed by atoms with E-state index >= 15 is 0 Å². The topological polar surface area (TPSA) is 74.7 Å². The van der Waals surface area contributed by atoms with Gasteiger partial charge in [-0.3, -0.25) is 5.43 Å². The van der Waals surface area contributed by atoms with Crippen molar-refractivity contribution in [1.82, 2.24) is 9.29 Å². The molecule has 6 nitrogen and oxygen atoms in total. The third-order valence-electron chi connectivity index (χ3n) is 4.61. The van der Waals surface area contributed by atoms with Crippen molar-refractivity contribution in [1.29, 1.82) is 0 Å². The van der Waals surface area contributed by atoms with E-state index in [0.717, 1.165) is 12.8 Å². The smallest absolute Gasteiger partial charge is 0.243 e. The van der Waals surface area contributed by atoms with E-state index in [0.29, 0.717) is 35.0 Å². The van der Waals surface area contributed by atoms with Crippen LogP contribution in [0.1, 0.15) is 18.4 Å². The van der Waals surface area contributed by atoms with Crippen LogP contribution in [0.25, 0.3) is 11.3 Å². The van der Waals surface area contributed by atoms with Crippen LogP contribution in [0.2, 0.25) is 0 Å².